The second kappa shape index (κ2) is 7.94. The van der Waals surface area contributed by atoms with Gasteiger partial charge in [-0.05, 0) is 36.3 Å². The highest BCUT2D eigenvalue weighted by Gasteiger charge is 2.06. The molecule has 0 unspecified atom stereocenters. The van der Waals surface area contributed by atoms with E-state index in [1.54, 1.807) is 18.2 Å². The molecule has 0 aromatic heterocycles. The van der Waals surface area contributed by atoms with Crippen LogP contribution in [0.1, 0.15) is 27.0 Å². The van der Waals surface area contributed by atoms with Gasteiger partial charge in [0.2, 0.25) is 5.91 Å². The molecule has 4 heteroatoms. The van der Waals surface area contributed by atoms with E-state index in [1.165, 1.54) is 11.6 Å². The number of carbonyl (C=O) groups is 2. The van der Waals surface area contributed by atoms with E-state index in [0.29, 0.717) is 18.7 Å². The van der Waals surface area contributed by atoms with Crippen LogP contribution in [0.2, 0.25) is 0 Å². The lowest BCUT2D eigenvalue weighted by Gasteiger charge is -2.08. The van der Waals surface area contributed by atoms with E-state index in [9.17, 15) is 9.59 Å². The lowest BCUT2D eigenvalue weighted by molar-refractivity contribution is -0.116. The van der Waals surface area contributed by atoms with Gasteiger partial charge < -0.3 is 10.6 Å². The minimum atomic E-state index is -0.237. The molecule has 0 atom stereocenters. The number of hydrogen-bond acceptors (Lipinski definition) is 2. The quantitative estimate of drug-likeness (QED) is 0.806. The van der Waals surface area contributed by atoms with Crippen LogP contribution >= 0.6 is 0 Å². The average Bonchev–Trinajstić information content (AvgIpc) is 2.59. The summed E-state index contributed by atoms with van der Waals surface area (Å²) >= 11 is 0. The number of hydrogen-bond donors (Lipinski definition) is 2. The van der Waals surface area contributed by atoms with Gasteiger partial charge in [-0.3, -0.25) is 9.59 Å². The molecule has 0 bridgehead atoms. The van der Waals surface area contributed by atoms with Crippen molar-refractivity contribution in [3.05, 3.63) is 83.4 Å². The molecule has 2 aromatic carbocycles. The van der Waals surface area contributed by atoms with Crippen LogP contribution in [0.4, 0.5) is 0 Å². The summed E-state index contributed by atoms with van der Waals surface area (Å²) in [5.41, 5.74) is 3.68. The molecule has 0 aliphatic heterocycles. The van der Waals surface area contributed by atoms with Gasteiger partial charge in [-0.1, -0.05) is 48.5 Å². The number of carbonyl (C=O) groups excluding carboxylic acids is 2. The molecule has 0 aliphatic carbocycles. The van der Waals surface area contributed by atoms with Gasteiger partial charge in [0.25, 0.3) is 5.91 Å². The molecule has 0 heterocycles. The second-order valence-electron chi connectivity index (χ2n) is 5.29. The molecule has 2 N–H and O–H groups in total. The predicted molar refractivity (Wildman–Crippen MR) is 90.8 cm³/mol. The second-order valence-corrected chi connectivity index (χ2v) is 5.29. The molecule has 2 aromatic rings. The van der Waals surface area contributed by atoms with Crippen molar-refractivity contribution in [3.8, 4) is 0 Å². The summed E-state index contributed by atoms with van der Waals surface area (Å²) in [4.78, 5) is 23.4. The van der Waals surface area contributed by atoms with E-state index in [-0.39, 0.29) is 11.8 Å². The molecular formula is C19H20N2O2. The molecule has 0 saturated carbocycles. The molecule has 23 heavy (non-hydrogen) atoms. The van der Waals surface area contributed by atoms with Crippen LogP contribution in [-0.4, -0.2) is 11.8 Å². The number of rotatable bonds is 6. The summed E-state index contributed by atoms with van der Waals surface area (Å²) in [6.07, 6.45) is 1.22. The highest BCUT2D eigenvalue weighted by atomic mass is 16.2. The zero-order valence-corrected chi connectivity index (χ0v) is 13.1. The Balaban J connectivity index is 1.94. The third kappa shape index (κ3) is 5.11. The molecule has 118 valence electrons. The first-order valence-corrected chi connectivity index (χ1v) is 7.41. The summed E-state index contributed by atoms with van der Waals surface area (Å²) in [5.74, 6) is -0.373. The van der Waals surface area contributed by atoms with E-state index in [2.05, 4.69) is 17.2 Å². The predicted octanol–water partition coefficient (Wildman–Crippen LogP) is 2.73. The highest BCUT2D eigenvalue weighted by Crippen LogP contribution is 2.07. The molecule has 2 amide bonds. The monoisotopic (exact) mass is 308 g/mol. The Morgan fingerprint density at radius 3 is 2.39 bits per heavy atom. The van der Waals surface area contributed by atoms with Gasteiger partial charge in [0.05, 0.1) is 0 Å². The van der Waals surface area contributed by atoms with Crippen molar-refractivity contribution in [1.82, 2.24) is 10.6 Å². The normalized spacial score (nSPS) is 9.96. The maximum atomic E-state index is 12.2. The molecule has 0 aliphatic rings. The summed E-state index contributed by atoms with van der Waals surface area (Å²) < 4.78 is 0. The van der Waals surface area contributed by atoms with Gasteiger partial charge in [-0.25, -0.2) is 0 Å². The maximum absolute atomic E-state index is 12.2. The van der Waals surface area contributed by atoms with E-state index >= 15 is 0 Å². The third-order valence-corrected chi connectivity index (χ3v) is 3.41. The SMILES string of the molecule is C=CC(=O)NCc1cccc(C(=O)NCc2ccc(C)cc2)c1. The van der Waals surface area contributed by atoms with Gasteiger partial charge in [0, 0.05) is 18.7 Å². The standard InChI is InChI=1S/C19H20N2O2/c1-3-18(22)20-13-16-5-4-6-17(11-16)19(23)21-12-15-9-7-14(2)8-10-15/h3-11H,1,12-13H2,2H3,(H,20,22)(H,21,23). The molecule has 2 rings (SSSR count). The van der Waals surface area contributed by atoms with E-state index in [1.807, 2.05) is 37.3 Å². The largest absolute Gasteiger partial charge is 0.348 e. The van der Waals surface area contributed by atoms with E-state index in [4.69, 9.17) is 0 Å². The molecular weight excluding hydrogens is 288 g/mol. The Bertz CT molecular complexity index is 706. The van der Waals surface area contributed by atoms with E-state index < -0.39 is 0 Å². The van der Waals surface area contributed by atoms with Crippen molar-refractivity contribution in [2.75, 3.05) is 0 Å². The molecule has 0 fully saturated rings. The fourth-order valence-corrected chi connectivity index (χ4v) is 2.07. The Kier molecular flexibility index (Phi) is 5.69. The number of nitrogens with one attached hydrogen (secondary N) is 2. The lowest BCUT2D eigenvalue weighted by Crippen LogP contribution is -2.23. The lowest BCUT2D eigenvalue weighted by atomic mass is 10.1. The average molecular weight is 308 g/mol. The molecule has 4 nitrogen and oxygen atoms in total. The van der Waals surface area contributed by atoms with Gasteiger partial charge >= 0.3 is 0 Å². The summed E-state index contributed by atoms with van der Waals surface area (Å²) in [7, 11) is 0. The minimum Gasteiger partial charge on any atom is -0.348 e. The zero-order chi connectivity index (χ0) is 16.7. The Morgan fingerprint density at radius 2 is 1.70 bits per heavy atom. The van der Waals surface area contributed by atoms with Crippen LogP contribution in [0.5, 0.6) is 0 Å². The van der Waals surface area contributed by atoms with Crippen molar-refractivity contribution in [1.29, 1.82) is 0 Å². The van der Waals surface area contributed by atoms with Crippen LogP contribution in [0.25, 0.3) is 0 Å². The summed E-state index contributed by atoms with van der Waals surface area (Å²) in [6.45, 7) is 6.28. The fourth-order valence-electron chi connectivity index (χ4n) is 2.07. The molecule has 0 saturated heterocycles. The van der Waals surface area contributed by atoms with Gasteiger partial charge in [-0.15, -0.1) is 0 Å². The topological polar surface area (TPSA) is 58.2 Å². The van der Waals surface area contributed by atoms with Crippen molar-refractivity contribution in [2.24, 2.45) is 0 Å². The van der Waals surface area contributed by atoms with Crippen LogP contribution in [0.3, 0.4) is 0 Å². The Hall–Kier alpha value is -2.88. The van der Waals surface area contributed by atoms with Crippen LogP contribution in [0, 0.1) is 6.92 Å². The first-order chi connectivity index (χ1) is 11.1. The van der Waals surface area contributed by atoms with E-state index in [0.717, 1.165) is 11.1 Å². The highest BCUT2D eigenvalue weighted by molar-refractivity contribution is 5.94. The number of amides is 2. The minimum absolute atomic E-state index is 0.137. The van der Waals surface area contributed by atoms with Crippen LogP contribution < -0.4 is 10.6 Å². The van der Waals surface area contributed by atoms with Gasteiger partial charge in [-0.2, -0.15) is 0 Å². The third-order valence-electron chi connectivity index (χ3n) is 3.41. The zero-order valence-electron chi connectivity index (χ0n) is 13.1. The van der Waals surface area contributed by atoms with Crippen molar-refractivity contribution >= 4 is 11.8 Å². The summed E-state index contributed by atoms with van der Waals surface area (Å²) in [6, 6.07) is 15.2. The molecule has 0 spiro atoms. The first-order valence-electron chi connectivity index (χ1n) is 7.41. The fraction of sp³-hybridized carbons (Fsp3) is 0.158. The maximum Gasteiger partial charge on any atom is 0.251 e. The Morgan fingerprint density at radius 1 is 1.00 bits per heavy atom. The van der Waals surface area contributed by atoms with Gasteiger partial charge in [0.15, 0.2) is 0 Å². The smallest absolute Gasteiger partial charge is 0.251 e. The first kappa shape index (κ1) is 16.5. The van der Waals surface area contributed by atoms with Gasteiger partial charge in [0.1, 0.15) is 0 Å². The van der Waals surface area contributed by atoms with Crippen molar-refractivity contribution in [2.45, 2.75) is 20.0 Å². The molecule has 0 radical (unpaired) electrons. The number of benzene rings is 2. The summed E-state index contributed by atoms with van der Waals surface area (Å²) in [5, 5.41) is 5.58. The Labute approximate surface area is 136 Å². The van der Waals surface area contributed by atoms with Crippen LogP contribution in [0.15, 0.2) is 61.2 Å². The van der Waals surface area contributed by atoms with Crippen molar-refractivity contribution in [3.63, 3.8) is 0 Å². The van der Waals surface area contributed by atoms with Crippen molar-refractivity contribution < 1.29 is 9.59 Å². The van der Waals surface area contributed by atoms with Crippen LogP contribution in [-0.2, 0) is 17.9 Å². The number of aryl methyl sites for hydroxylation is 1.